The zero-order chi connectivity index (χ0) is 10.3. The van der Waals surface area contributed by atoms with Crippen LogP contribution < -0.4 is 5.46 Å². The molecule has 2 radical (unpaired) electrons. The molecule has 0 amide bonds. The van der Waals surface area contributed by atoms with Crippen molar-refractivity contribution in [3.63, 3.8) is 0 Å². The van der Waals surface area contributed by atoms with E-state index in [0.29, 0.717) is 5.92 Å². The molecule has 0 saturated carbocycles. The van der Waals surface area contributed by atoms with E-state index in [-0.39, 0.29) is 0 Å². The fourth-order valence-corrected chi connectivity index (χ4v) is 2.68. The number of aryl methyl sites for hydroxylation is 2. The maximum Gasteiger partial charge on any atom is 0.113 e. The fourth-order valence-electron chi connectivity index (χ4n) is 2.68. The average molecular weight is 184 g/mol. The zero-order valence-electron chi connectivity index (χ0n) is 9.30. The Morgan fingerprint density at radius 1 is 1.29 bits per heavy atom. The maximum atomic E-state index is 5.86. The lowest BCUT2D eigenvalue weighted by Crippen LogP contribution is -2.20. The molecule has 1 heteroatoms. The molecule has 1 aliphatic carbocycles. The van der Waals surface area contributed by atoms with Crippen molar-refractivity contribution in [3.8, 4) is 0 Å². The van der Waals surface area contributed by atoms with Crippen molar-refractivity contribution in [1.29, 1.82) is 0 Å². The van der Waals surface area contributed by atoms with Gasteiger partial charge in [-0.3, -0.25) is 0 Å². The van der Waals surface area contributed by atoms with Gasteiger partial charge in [0.15, 0.2) is 0 Å². The van der Waals surface area contributed by atoms with Gasteiger partial charge in [0, 0.05) is 0 Å². The summed E-state index contributed by atoms with van der Waals surface area (Å²) in [5.41, 5.74) is 5.33. The van der Waals surface area contributed by atoms with Crippen molar-refractivity contribution in [1.82, 2.24) is 0 Å². The molecular formula is C13H17B. The molecule has 0 saturated heterocycles. The molecule has 0 spiro atoms. The topological polar surface area (TPSA) is 0 Å². The van der Waals surface area contributed by atoms with Gasteiger partial charge in [0.05, 0.1) is 0 Å². The second-order valence-corrected chi connectivity index (χ2v) is 4.72. The van der Waals surface area contributed by atoms with Crippen molar-refractivity contribution in [2.24, 2.45) is 5.92 Å². The van der Waals surface area contributed by atoms with Crippen LogP contribution in [-0.2, 0) is 6.42 Å². The molecule has 72 valence electrons. The first kappa shape index (κ1) is 9.83. The molecule has 0 aliphatic heterocycles. The fraction of sp³-hybridized carbons (Fsp3) is 0.538. The first-order valence-electron chi connectivity index (χ1n) is 5.48. The van der Waals surface area contributed by atoms with Gasteiger partial charge in [0.2, 0.25) is 0 Å². The molecule has 0 fully saturated rings. The van der Waals surface area contributed by atoms with Gasteiger partial charge in [-0.1, -0.05) is 31.4 Å². The van der Waals surface area contributed by atoms with Gasteiger partial charge in [-0.2, -0.15) is 0 Å². The zero-order valence-corrected chi connectivity index (χ0v) is 9.30. The first-order valence-corrected chi connectivity index (χ1v) is 5.48. The molecule has 14 heavy (non-hydrogen) atoms. The van der Waals surface area contributed by atoms with E-state index in [4.69, 9.17) is 7.85 Å². The highest BCUT2D eigenvalue weighted by Gasteiger charge is 2.24. The van der Waals surface area contributed by atoms with E-state index in [1.807, 2.05) is 0 Å². The summed E-state index contributed by atoms with van der Waals surface area (Å²) in [6.45, 7) is 6.87. The van der Waals surface area contributed by atoms with Crippen LogP contribution in [0.4, 0.5) is 0 Å². The number of rotatable bonds is 0. The Hall–Kier alpha value is -0.715. The van der Waals surface area contributed by atoms with Gasteiger partial charge < -0.3 is 0 Å². The van der Waals surface area contributed by atoms with Crippen molar-refractivity contribution in [3.05, 3.63) is 28.8 Å². The van der Waals surface area contributed by atoms with E-state index < -0.39 is 0 Å². The van der Waals surface area contributed by atoms with Gasteiger partial charge in [-0.25, -0.2) is 0 Å². The summed E-state index contributed by atoms with van der Waals surface area (Å²) < 4.78 is 0. The largest absolute Gasteiger partial charge is 0.113 e. The molecule has 1 aromatic rings. The molecule has 0 nitrogen and oxygen atoms in total. The Bertz CT molecular complexity index is 354. The van der Waals surface area contributed by atoms with Gasteiger partial charge >= 0.3 is 0 Å². The minimum atomic E-state index is 0.694. The highest BCUT2D eigenvalue weighted by Crippen LogP contribution is 2.36. The standard InChI is InChI=1S/C13H17B/c1-8-4-5-11-7-12(14)6-9(2)13(11)10(8)3/h6-8,10H,4-5H2,1-3H3. The molecule has 1 aromatic carbocycles. The second kappa shape index (κ2) is 3.45. The van der Waals surface area contributed by atoms with E-state index in [2.05, 4.69) is 32.9 Å². The lowest BCUT2D eigenvalue weighted by Gasteiger charge is -2.30. The minimum Gasteiger partial charge on any atom is -0.0961 e. The highest BCUT2D eigenvalue weighted by molar-refractivity contribution is 6.32. The van der Waals surface area contributed by atoms with Crippen molar-refractivity contribution < 1.29 is 0 Å². The predicted molar refractivity (Wildman–Crippen MR) is 62.5 cm³/mol. The van der Waals surface area contributed by atoms with Crippen LogP contribution in [0.15, 0.2) is 12.1 Å². The van der Waals surface area contributed by atoms with Crippen LogP contribution in [0.25, 0.3) is 0 Å². The second-order valence-electron chi connectivity index (χ2n) is 4.72. The summed E-state index contributed by atoms with van der Waals surface area (Å²) in [4.78, 5) is 0. The van der Waals surface area contributed by atoms with E-state index in [9.17, 15) is 0 Å². The van der Waals surface area contributed by atoms with Gasteiger partial charge in [0.1, 0.15) is 7.85 Å². The summed E-state index contributed by atoms with van der Waals surface area (Å²) in [7, 11) is 5.86. The number of fused-ring (bicyclic) bond motifs is 1. The monoisotopic (exact) mass is 184 g/mol. The lowest BCUT2D eigenvalue weighted by atomic mass is 9.73. The number of hydrogen-bond acceptors (Lipinski definition) is 0. The Morgan fingerprint density at radius 2 is 2.00 bits per heavy atom. The van der Waals surface area contributed by atoms with E-state index in [1.54, 1.807) is 5.56 Å². The third kappa shape index (κ3) is 1.49. The van der Waals surface area contributed by atoms with Crippen LogP contribution in [-0.4, -0.2) is 7.85 Å². The van der Waals surface area contributed by atoms with Crippen LogP contribution in [0.1, 0.15) is 42.9 Å². The maximum absolute atomic E-state index is 5.86. The first-order chi connectivity index (χ1) is 6.59. The molecule has 2 unspecified atom stereocenters. The molecule has 0 bridgehead atoms. The van der Waals surface area contributed by atoms with Crippen LogP contribution in [0.2, 0.25) is 0 Å². The van der Waals surface area contributed by atoms with Crippen molar-refractivity contribution >= 4 is 13.3 Å². The average Bonchev–Trinajstić information content (AvgIpc) is 2.10. The molecule has 0 heterocycles. The van der Waals surface area contributed by atoms with Crippen LogP contribution in [0.3, 0.4) is 0 Å². The highest BCUT2D eigenvalue weighted by atomic mass is 14.3. The quantitative estimate of drug-likeness (QED) is 0.543. The molecule has 0 aromatic heterocycles. The smallest absolute Gasteiger partial charge is 0.0961 e. The summed E-state index contributed by atoms with van der Waals surface area (Å²) >= 11 is 0. The SMILES string of the molecule is [B]c1cc(C)c2c(c1)CCC(C)C2C. The predicted octanol–water partition coefficient (Wildman–Crippen LogP) is 2.47. The minimum absolute atomic E-state index is 0.694. The van der Waals surface area contributed by atoms with Crippen LogP contribution in [0.5, 0.6) is 0 Å². The van der Waals surface area contributed by atoms with Gasteiger partial charge in [-0.05, 0) is 48.3 Å². The number of hydrogen-bond donors (Lipinski definition) is 0. The van der Waals surface area contributed by atoms with E-state index in [0.717, 1.165) is 11.4 Å². The summed E-state index contributed by atoms with van der Waals surface area (Å²) in [5.74, 6) is 1.50. The van der Waals surface area contributed by atoms with E-state index >= 15 is 0 Å². The number of benzene rings is 1. The Kier molecular flexibility index (Phi) is 2.42. The molecule has 1 aliphatic rings. The van der Waals surface area contributed by atoms with Crippen LogP contribution in [0, 0.1) is 12.8 Å². The Balaban J connectivity index is 2.54. The third-order valence-electron chi connectivity index (χ3n) is 3.67. The van der Waals surface area contributed by atoms with Crippen LogP contribution >= 0.6 is 0 Å². The Morgan fingerprint density at radius 3 is 2.71 bits per heavy atom. The molecule has 2 atom stereocenters. The van der Waals surface area contributed by atoms with E-state index in [1.165, 1.54) is 24.0 Å². The van der Waals surface area contributed by atoms with Crippen molar-refractivity contribution in [2.75, 3.05) is 0 Å². The lowest BCUT2D eigenvalue weighted by molar-refractivity contribution is 0.424. The molecule has 0 N–H and O–H groups in total. The Labute approximate surface area is 88.1 Å². The summed E-state index contributed by atoms with van der Waals surface area (Å²) in [5, 5.41) is 0. The normalized spacial score (nSPS) is 25.9. The summed E-state index contributed by atoms with van der Waals surface area (Å²) in [6.07, 6.45) is 2.50. The van der Waals surface area contributed by atoms with Gasteiger partial charge in [0.25, 0.3) is 0 Å². The van der Waals surface area contributed by atoms with Crippen molar-refractivity contribution in [2.45, 2.75) is 39.5 Å². The molecular weight excluding hydrogens is 167 g/mol. The molecule has 2 rings (SSSR count). The summed E-state index contributed by atoms with van der Waals surface area (Å²) in [6, 6.07) is 4.26. The third-order valence-corrected chi connectivity index (χ3v) is 3.67. The van der Waals surface area contributed by atoms with Gasteiger partial charge in [-0.15, -0.1) is 0 Å².